The molecule has 19 heavy (non-hydrogen) atoms. The van der Waals surface area contributed by atoms with E-state index in [0.717, 1.165) is 0 Å². The molecule has 3 aliphatic rings. The van der Waals surface area contributed by atoms with E-state index in [-0.39, 0.29) is 12.8 Å². The van der Waals surface area contributed by atoms with Crippen LogP contribution in [0.25, 0.3) is 0 Å². The number of esters is 3. The lowest BCUT2D eigenvalue weighted by molar-refractivity contribution is -0.289. The van der Waals surface area contributed by atoms with Gasteiger partial charge in [0.05, 0.1) is 12.8 Å². The smallest absolute Gasteiger partial charge is 0.339 e. The first-order chi connectivity index (χ1) is 8.85. The van der Waals surface area contributed by atoms with Gasteiger partial charge in [-0.1, -0.05) is 13.8 Å². The second-order valence-corrected chi connectivity index (χ2v) is 4.80. The summed E-state index contributed by atoms with van der Waals surface area (Å²) in [5, 5.41) is 10.1. The first kappa shape index (κ1) is 13.8. The maximum absolute atomic E-state index is 11.9. The van der Waals surface area contributed by atoms with Crippen LogP contribution >= 0.6 is 0 Å². The van der Waals surface area contributed by atoms with Crippen LogP contribution in [0.2, 0.25) is 0 Å². The van der Waals surface area contributed by atoms with Crippen molar-refractivity contribution in [2.75, 3.05) is 0 Å². The summed E-state index contributed by atoms with van der Waals surface area (Å²) in [6.45, 7) is 3.36. The Hall–Kier alpha value is -1.63. The Morgan fingerprint density at radius 2 is 1.68 bits per heavy atom. The topological polar surface area (TPSA) is 99.1 Å². The van der Waals surface area contributed by atoms with Gasteiger partial charge in [0.25, 0.3) is 5.79 Å². The summed E-state index contributed by atoms with van der Waals surface area (Å²) in [5.74, 6) is -4.15. The highest BCUT2D eigenvalue weighted by Gasteiger charge is 2.57. The maximum atomic E-state index is 11.9. The molecule has 3 fully saturated rings. The van der Waals surface area contributed by atoms with Gasteiger partial charge in [-0.2, -0.15) is 0 Å². The summed E-state index contributed by atoms with van der Waals surface area (Å²) in [4.78, 5) is 35.4. The van der Waals surface area contributed by atoms with Crippen molar-refractivity contribution in [1.29, 1.82) is 0 Å². The van der Waals surface area contributed by atoms with E-state index in [4.69, 9.17) is 14.2 Å². The van der Waals surface area contributed by atoms with Gasteiger partial charge in [0, 0.05) is 6.42 Å². The average molecular weight is 272 g/mol. The van der Waals surface area contributed by atoms with Gasteiger partial charge in [-0.05, 0) is 6.42 Å². The molecule has 0 spiro atoms. The van der Waals surface area contributed by atoms with Gasteiger partial charge in [0.15, 0.2) is 11.7 Å². The van der Waals surface area contributed by atoms with Crippen molar-refractivity contribution >= 4 is 17.9 Å². The lowest BCUT2D eigenvalue weighted by atomic mass is 9.92. The van der Waals surface area contributed by atoms with E-state index in [1.807, 2.05) is 0 Å². The highest BCUT2D eigenvalue weighted by Crippen LogP contribution is 2.37. The molecule has 0 aromatic rings. The van der Waals surface area contributed by atoms with Crippen LogP contribution in [0.4, 0.5) is 0 Å². The Bertz CT molecular complexity index is 408. The minimum absolute atomic E-state index is 0.161. The Morgan fingerprint density at radius 1 is 1.16 bits per heavy atom. The molecule has 3 heterocycles. The van der Waals surface area contributed by atoms with Crippen molar-refractivity contribution in [2.45, 2.75) is 57.0 Å². The Kier molecular flexibility index (Phi) is 3.25. The molecule has 0 amide bonds. The molecule has 0 saturated carbocycles. The molecule has 0 radical (unpaired) electrons. The van der Waals surface area contributed by atoms with Crippen molar-refractivity contribution in [3.8, 4) is 0 Å². The van der Waals surface area contributed by atoms with Gasteiger partial charge in [-0.15, -0.1) is 0 Å². The molecule has 1 N–H and O–H groups in total. The van der Waals surface area contributed by atoms with E-state index < -0.39 is 48.2 Å². The fourth-order valence-corrected chi connectivity index (χ4v) is 2.39. The molecule has 2 bridgehead atoms. The number of fused-ring (bicyclic) bond motifs is 6. The predicted octanol–water partition coefficient (Wildman–Crippen LogP) is 0.0394. The first-order valence-corrected chi connectivity index (χ1v) is 6.22. The zero-order valence-corrected chi connectivity index (χ0v) is 10.8. The molecule has 7 nitrogen and oxygen atoms in total. The zero-order valence-electron chi connectivity index (χ0n) is 10.8. The number of rotatable bonds is 2. The fraction of sp³-hybridized carbons (Fsp3) is 0.750. The number of hydrogen-bond donors (Lipinski definition) is 1. The van der Waals surface area contributed by atoms with Crippen LogP contribution in [-0.4, -0.2) is 40.5 Å². The van der Waals surface area contributed by atoms with Gasteiger partial charge in [0.1, 0.15) is 0 Å². The molecule has 0 aromatic heterocycles. The third kappa shape index (κ3) is 2.18. The first-order valence-electron chi connectivity index (χ1n) is 6.22. The van der Waals surface area contributed by atoms with Gasteiger partial charge >= 0.3 is 17.9 Å². The Labute approximate surface area is 109 Å². The second-order valence-electron chi connectivity index (χ2n) is 4.80. The van der Waals surface area contributed by atoms with Gasteiger partial charge in [0.2, 0.25) is 0 Å². The third-order valence-electron chi connectivity index (χ3n) is 3.43. The van der Waals surface area contributed by atoms with E-state index >= 15 is 0 Å². The van der Waals surface area contributed by atoms with E-state index in [2.05, 4.69) is 0 Å². The van der Waals surface area contributed by atoms with Crippen molar-refractivity contribution in [1.82, 2.24) is 0 Å². The fourth-order valence-electron chi connectivity index (χ4n) is 2.39. The van der Waals surface area contributed by atoms with Gasteiger partial charge in [-0.25, -0.2) is 4.79 Å². The van der Waals surface area contributed by atoms with Crippen LogP contribution in [0.1, 0.15) is 39.5 Å². The summed E-state index contributed by atoms with van der Waals surface area (Å²) >= 11 is 0. The van der Waals surface area contributed by atoms with Crippen LogP contribution in [0.3, 0.4) is 0 Å². The molecule has 0 aromatic carbocycles. The standard InChI is InChI=1S/C12H16O7/c1-3-7-12(4-2)18-8(13)5-11(16,10(15)17-7)6-9(14)19-12/h7,16H,3-6H2,1-2H3. The monoisotopic (exact) mass is 272 g/mol. The molecule has 7 heteroatoms. The van der Waals surface area contributed by atoms with Crippen molar-refractivity contribution in [2.24, 2.45) is 0 Å². The van der Waals surface area contributed by atoms with Crippen molar-refractivity contribution in [3.63, 3.8) is 0 Å². The molecule has 3 aliphatic heterocycles. The normalized spacial score (nSPS) is 38.7. The highest BCUT2D eigenvalue weighted by molar-refractivity contribution is 5.91. The van der Waals surface area contributed by atoms with Crippen molar-refractivity contribution in [3.05, 3.63) is 0 Å². The van der Waals surface area contributed by atoms with Crippen LogP contribution < -0.4 is 0 Å². The summed E-state index contributed by atoms with van der Waals surface area (Å²) in [7, 11) is 0. The molecular weight excluding hydrogens is 256 g/mol. The lowest BCUT2D eigenvalue weighted by Gasteiger charge is -2.43. The van der Waals surface area contributed by atoms with Crippen LogP contribution in [0.5, 0.6) is 0 Å². The number of hydrogen-bond acceptors (Lipinski definition) is 7. The summed E-state index contributed by atoms with van der Waals surface area (Å²) in [6.07, 6.45) is -1.70. The van der Waals surface area contributed by atoms with E-state index in [0.29, 0.717) is 0 Å². The van der Waals surface area contributed by atoms with Crippen LogP contribution in [0.15, 0.2) is 0 Å². The Morgan fingerprint density at radius 3 is 2.11 bits per heavy atom. The highest BCUT2D eigenvalue weighted by atomic mass is 16.8. The van der Waals surface area contributed by atoms with Crippen LogP contribution in [0, 0.1) is 0 Å². The number of carbonyl (C=O) groups excluding carboxylic acids is 3. The Balaban J connectivity index is 2.52. The number of ether oxygens (including phenoxy) is 3. The molecule has 3 saturated heterocycles. The van der Waals surface area contributed by atoms with Gasteiger partial charge < -0.3 is 19.3 Å². The largest absolute Gasteiger partial charge is 0.452 e. The maximum Gasteiger partial charge on any atom is 0.339 e. The molecule has 1 unspecified atom stereocenters. The molecule has 106 valence electrons. The minimum atomic E-state index is -2.21. The van der Waals surface area contributed by atoms with E-state index in [1.54, 1.807) is 13.8 Å². The lowest BCUT2D eigenvalue weighted by Crippen LogP contribution is -2.60. The second kappa shape index (κ2) is 4.48. The minimum Gasteiger partial charge on any atom is -0.452 e. The molecule has 3 rings (SSSR count). The van der Waals surface area contributed by atoms with Gasteiger partial charge in [-0.3, -0.25) is 9.59 Å². The van der Waals surface area contributed by atoms with Crippen LogP contribution in [-0.2, 0) is 28.6 Å². The molecule has 1 atom stereocenters. The summed E-state index contributed by atoms with van der Waals surface area (Å²) < 4.78 is 15.5. The van der Waals surface area contributed by atoms with E-state index in [9.17, 15) is 19.5 Å². The number of aliphatic hydroxyl groups is 1. The van der Waals surface area contributed by atoms with Crippen molar-refractivity contribution < 1.29 is 33.7 Å². The SMILES string of the molecule is CCC1OC(=O)C2(O)CC(=O)OC1(CC)OC(=O)C2. The predicted molar refractivity (Wildman–Crippen MR) is 59.6 cm³/mol. The third-order valence-corrected chi connectivity index (χ3v) is 3.43. The quantitative estimate of drug-likeness (QED) is 0.708. The molecule has 0 aliphatic carbocycles. The van der Waals surface area contributed by atoms with E-state index in [1.165, 1.54) is 0 Å². The zero-order chi connectivity index (χ0) is 14.3. The summed E-state index contributed by atoms with van der Waals surface area (Å²) in [6, 6.07) is 0. The average Bonchev–Trinajstić information content (AvgIpc) is 2.31. The summed E-state index contributed by atoms with van der Waals surface area (Å²) in [5.41, 5.74) is -2.21. The number of carbonyl (C=O) groups is 3. The molecular formula is C12H16O7.